The molecular formula is C43H48O15. The number of ether oxygens (including phenoxy) is 7. The van der Waals surface area contributed by atoms with Crippen LogP contribution in [0.2, 0.25) is 0 Å². The van der Waals surface area contributed by atoms with E-state index in [2.05, 4.69) is 0 Å². The number of aryl methyl sites for hydroxylation is 1. The molecule has 3 fully saturated rings. The van der Waals surface area contributed by atoms with Gasteiger partial charge in [0.15, 0.2) is 36.2 Å². The van der Waals surface area contributed by atoms with Gasteiger partial charge < -0.3 is 58.7 Å². The first-order valence-corrected chi connectivity index (χ1v) is 19.7. The molecule has 15 nitrogen and oxygen atoms in total. The molecular weight excluding hydrogens is 756 g/mol. The summed E-state index contributed by atoms with van der Waals surface area (Å²) in [6.45, 7) is 8.69. The van der Waals surface area contributed by atoms with Crippen molar-refractivity contribution in [2.75, 3.05) is 0 Å². The molecule has 3 saturated heterocycles. The molecule has 0 amide bonds. The second kappa shape index (κ2) is 15.7. The Balaban J connectivity index is 0.889. The van der Waals surface area contributed by atoms with E-state index in [1.54, 1.807) is 39.8 Å². The summed E-state index contributed by atoms with van der Waals surface area (Å²) in [5.41, 5.74) is 0.0952. The molecule has 4 aliphatic heterocycles. The maximum atomic E-state index is 13.9. The Labute approximate surface area is 334 Å². The quantitative estimate of drug-likeness (QED) is 0.176. The molecule has 0 aromatic heterocycles. The molecule has 5 aliphatic rings. The summed E-state index contributed by atoms with van der Waals surface area (Å²) >= 11 is 0. The molecule has 0 saturated carbocycles. The fourth-order valence-corrected chi connectivity index (χ4v) is 8.77. The number of hydrogen-bond donors (Lipinski definition) is 5. The highest BCUT2D eigenvalue weighted by Crippen LogP contribution is 2.46. The summed E-state index contributed by atoms with van der Waals surface area (Å²) in [5, 5.41) is 56.1. The molecule has 310 valence electrons. The van der Waals surface area contributed by atoms with Gasteiger partial charge in [-0.05, 0) is 83.0 Å². The van der Waals surface area contributed by atoms with Crippen LogP contribution in [0.15, 0.2) is 42.5 Å². The van der Waals surface area contributed by atoms with Gasteiger partial charge in [-0.15, -0.1) is 0 Å². The predicted molar refractivity (Wildman–Crippen MR) is 203 cm³/mol. The standard InChI is InChI=1S/C43H48O15/c1-17-12-25-24(28(45)13-17)14-26-37(40(25)50)39(49)23-7-6-22(38(48)36(23)41(26)51)32-15-29(46)42(20(4)52-32)58-35-16-30(47)43(21(5)55-35)57-34-11-9-31(19(3)54-34)56-33-10-8-27(44)18(2)53-33/h6-8,10,12-14,18-21,29-35,42-43,45-48,50H,9,11,15-16H2,1-5H3/t18-,19+,20+,21+,29-,30+,31-,32-,33-,34-,35-,42+,43-/m0/s1. The monoisotopic (exact) mass is 804 g/mol. The Morgan fingerprint density at radius 3 is 2.02 bits per heavy atom. The van der Waals surface area contributed by atoms with Crippen molar-refractivity contribution in [1.82, 2.24) is 0 Å². The zero-order valence-electron chi connectivity index (χ0n) is 32.7. The van der Waals surface area contributed by atoms with Gasteiger partial charge in [0.25, 0.3) is 0 Å². The number of fused-ring (bicyclic) bond motifs is 3. The van der Waals surface area contributed by atoms with E-state index in [0.29, 0.717) is 18.4 Å². The number of aliphatic hydroxyl groups excluding tert-OH is 2. The lowest BCUT2D eigenvalue weighted by atomic mass is 9.79. The van der Waals surface area contributed by atoms with Gasteiger partial charge in [-0.1, -0.05) is 6.07 Å². The van der Waals surface area contributed by atoms with Crippen LogP contribution in [0.5, 0.6) is 17.2 Å². The second-order valence-corrected chi connectivity index (χ2v) is 16.0. The van der Waals surface area contributed by atoms with E-state index in [0.717, 1.165) is 0 Å². The summed E-state index contributed by atoms with van der Waals surface area (Å²) in [6, 6.07) is 7.28. The average Bonchev–Trinajstić information content (AvgIpc) is 3.16. The van der Waals surface area contributed by atoms with E-state index in [1.165, 1.54) is 30.3 Å². The first kappa shape index (κ1) is 40.5. The van der Waals surface area contributed by atoms with Crippen LogP contribution in [0.25, 0.3) is 10.8 Å². The average molecular weight is 805 g/mol. The third kappa shape index (κ3) is 7.33. The molecule has 15 heteroatoms. The summed E-state index contributed by atoms with van der Waals surface area (Å²) in [5.74, 6) is -2.58. The van der Waals surface area contributed by atoms with Gasteiger partial charge in [-0.2, -0.15) is 0 Å². The van der Waals surface area contributed by atoms with Crippen molar-refractivity contribution in [3.8, 4) is 17.2 Å². The van der Waals surface area contributed by atoms with Gasteiger partial charge >= 0.3 is 0 Å². The van der Waals surface area contributed by atoms with Crippen LogP contribution in [0.4, 0.5) is 0 Å². The van der Waals surface area contributed by atoms with E-state index in [4.69, 9.17) is 33.2 Å². The highest BCUT2D eigenvalue weighted by molar-refractivity contribution is 6.32. The van der Waals surface area contributed by atoms with Crippen LogP contribution in [0.1, 0.15) is 102 Å². The number of carbonyl (C=O) groups is 3. The number of rotatable bonds is 7. The fourth-order valence-electron chi connectivity index (χ4n) is 8.77. The maximum absolute atomic E-state index is 13.9. The third-order valence-corrected chi connectivity index (χ3v) is 11.8. The van der Waals surface area contributed by atoms with Crippen molar-refractivity contribution >= 4 is 28.1 Å². The van der Waals surface area contributed by atoms with Crippen molar-refractivity contribution in [1.29, 1.82) is 0 Å². The summed E-state index contributed by atoms with van der Waals surface area (Å²) in [7, 11) is 0. The summed E-state index contributed by atoms with van der Waals surface area (Å²) in [4.78, 5) is 39.3. The Morgan fingerprint density at radius 2 is 1.33 bits per heavy atom. The van der Waals surface area contributed by atoms with E-state index in [9.17, 15) is 39.9 Å². The first-order chi connectivity index (χ1) is 27.6. The Bertz CT molecular complexity index is 2140. The number of ketones is 3. The van der Waals surface area contributed by atoms with Gasteiger partial charge in [-0.25, -0.2) is 0 Å². The molecule has 4 heterocycles. The smallest absolute Gasteiger partial charge is 0.198 e. The molecule has 0 radical (unpaired) electrons. The van der Waals surface area contributed by atoms with Gasteiger partial charge in [0.2, 0.25) is 0 Å². The number of aliphatic hydroxyl groups is 2. The van der Waals surface area contributed by atoms with Crippen LogP contribution in [-0.2, 0) is 38.0 Å². The van der Waals surface area contributed by atoms with Gasteiger partial charge in [0.1, 0.15) is 35.6 Å². The third-order valence-electron chi connectivity index (χ3n) is 11.8. The minimum Gasteiger partial charge on any atom is -0.507 e. The number of aromatic hydroxyl groups is 3. The molecule has 0 spiro atoms. The number of phenols is 3. The molecule has 0 bridgehead atoms. The Hall–Kier alpha value is -4.29. The van der Waals surface area contributed by atoms with Crippen LogP contribution in [0, 0.1) is 6.92 Å². The largest absolute Gasteiger partial charge is 0.507 e. The van der Waals surface area contributed by atoms with Gasteiger partial charge in [0.05, 0.1) is 53.9 Å². The first-order valence-electron chi connectivity index (χ1n) is 19.7. The van der Waals surface area contributed by atoms with Gasteiger partial charge in [-0.3, -0.25) is 14.4 Å². The summed E-state index contributed by atoms with van der Waals surface area (Å²) < 4.78 is 42.5. The topological polar surface area (TPSA) is 217 Å². The molecule has 0 unspecified atom stereocenters. The van der Waals surface area contributed by atoms with Gasteiger partial charge in [0, 0.05) is 46.7 Å². The molecule has 3 aromatic carbocycles. The fraction of sp³-hybridized carbons (Fsp3) is 0.512. The van der Waals surface area contributed by atoms with E-state index >= 15 is 0 Å². The highest BCUT2D eigenvalue weighted by atomic mass is 16.7. The minimum atomic E-state index is -1.12. The highest BCUT2D eigenvalue weighted by Gasteiger charge is 2.45. The molecule has 13 atom stereocenters. The van der Waals surface area contributed by atoms with Crippen molar-refractivity contribution in [2.45, 2.75) is 140 Å². The molecule has 5 N–H and O–H groups in total. The Morgan fingerprint density at radius 1 is 0.672 bits per heavy atom. The molecule has 8 rings (SSSR count). The van der Waals surface area contributed by atoms with E-state index in [1.807, 2.05) is 6.92 Å². The number of hydrogen-bond acceptors (Lipinski definition) is 15. The zero-order chi connectivity index (χ0) is 41.3. The summed E-state index contributed by atoms with van der Waals surface area (Å²) in [6.07, 6.45) is -5.26. The predicted octanol–water partition coefficient (Wildman–Crippen LogP) is 4.30. The SMILES string of the molecule is Cc1cc(O)c2cc3c(c(O)c2c1)C(=O)c1ccc([C@@H]2C[C@H](O)[C@H](O[C@H]4C[C@@H](O)[C@@H](O[C@H]5CC[C@H](O[C@H]6C=CC(=O)[C@H](C)O6)[C@@H](C)O5)[C@@H](C)O4)[C@@H](C)O2)c(O)c1C3=O. The minimum absolute atomic E-state index is 0.0378. The number of phenolic OH excluding ortho intramolecular Hbond substituents is 3. The van der Waals surface area contributed by atoms with Crippen molar-refractivity contribution in [3.05, 3.63) is 75.9 Å². The van der Waals surface area contributed by atoms with Crippen LogP contribution in [-0.4, -0.2) is 117 Å². The van der Waals surface area contributed by atoms with Crippen LogP contribution >= 0.6 is 0 Å². The Kier molecular flexibility index (Phi) is 11.0. The molecule has 1 aliphatic carbocycles. The number of carbonyl (C=O) groups excluding carboxylic acids is 3. The molecule has 3 aromatic rings. The number of benzene rings is 3. The maximum Gasteiger partial charge on any atom is 0.198 e. The van der Waals surface area contributed by atoms with Crippen LogP contribution in [0.3, 0.4) is 0 Å². The zero-order valence-corrected chi connectivity index (χ0v) is 32.7. The normalized spacial score (nSPS) is 35.2. The van der Waals surface area contributed by atoms with Crippen molar-refractivity contribution in [2.24, 2.45) is 0 Å². The van der Waals surface area contributed by atoms with Crippen molar-refractivity contribution < 1.29 is 73.1 Å². The second-order valence-electron chi connectivity index (χ2n) is 16.0. The lowest BCUT2D eigenvalue weighted by Crippen LogP contribution is -2.54. The van der Waals surface area contributed by atoms with Crippen LogP contribution < -0.4 is 0 Å². The van der Waals surface area contributed by atoms with E-state index < -0.39 is 90.8 Å². The van der Waals surface area contributed by atoms with E-state index in [-0.39, 0.29) is 75.2 Å². The molecule has 58 heavy (non-hydrogen) atoms. The lowest BCUT2D eigenvalue weighted by molar-refractivity contribution is -0.325. The lowest BCUT2D eigenvalue weighted by Gasteiger charge is -2.44. The van der Waals surface area contributed by atoms with Crippen molar-refractivity contribution in [3.63, 3.8) is 0 Å².